The number of halogens is 1. The Kier molecular flexibility index (Phi) is 4.95. The molecule has 128 valence electrons. The Labute approximate surface area is 152 Å². The maximum absolute atomic E-state index is 11.0. The number of carbonyl (C=O) groups is 1. The Morgan fingerprint density at radius 2 is 1.72 bits per heavy atom. The van der Waals surface area contributed by atoms with Gasteiger partial charge in [-0.2, -0.15) is 0 Å². The minimum atomic E-state index is -0.791. The molecule has 0 aliphatic heterocycles. The third kappa shape index (κ3) is 3.77. The summed E-state index contributed by atoms with van der Waals surface area (Å²) in [5.74, 6) is -0.791. The summed E-state index contributed by atoms with van der Waals surface area (Å²) in [6, 6.07) is 18.0. The van der Waals surface area contributed by atoms with Crippen molar-refractivity contribution >= 4 is 17.6 Å². The van der Waals surface area contributed by atoms with Crippen LogP contribution in [0.5, 0.6) is 0 Å². The van der Waals surface area contributed by atoms with Crippen LogP contribution in [0.15, 0.2) is 54.6 Å². The standard InChI is InChI=1S/C21H20ClNO2/c1-14-3-8-19(13-15(14)2)23-18(10-12-21(24)25)9-11-20(23)16-4-6-17(22)7-5-16/h3-9,11,13H,10,12H2,1-2H3,(H,24,25). The van der Waals surface area contributed by atoms with Crippen LogP contribution in [-0.4, -0.2) is 15.6 Å². The monoisotopic (exact) mass is 353 g/mol. The number of rotatable bonds is 5. The second-order valence-electron chi connectivity index (χ2n) is 6.21. The predicted molar refractivity (Wildman–Crippen MR) is 102 cm³/mol. The van der Waals surface area contributed by atoms with E-state index in [-0.39, 0.29) is 6.42 Å². The number of hydrogen-bond donors (Lipinski definition) is 1. The van der Waals surface area contributed by atoms with E-state index in [1.54, 1.807) is 0 Å². The Hall–Kier alpha value is -2.52. The zero-order valence-corrected chi connectivity index (χ0v) is 15.0. The number of nitrogens with zero attached hydrogens (tertiary/aromatic N) is 1. The highest BCUT2D eigenvalue weighted by Gasteiger charge is 2.13. The average Bonchev–Trinajstić information content (AvgIpc) is 3.00. The van der Waals surface area contributed by atoms with Gasteiger partial charge in [0.05, 0.1) is 12.1 Å². The molecule has 1 aromatic heterocycles. The van der Waals surface area contributed by atoms with Crippen molar-refractivity contribution in [1.82, 2.24) is 4.57 Å². The van der Waals surface area contributed by atoms with Crippen LogP contribution in [0.1, 0.15) is 23.2 Å². The number of aryl methyl sites for hydroxylation is 3. The van der Waals surface area contributed by atoms with E-state index in [0.29, 0.717) is 11.4 Å². The summed E-state index contributed by atoms with van der Waals surface area (Å²) in [5.41, 5.74) is 6.53. The van der Waals surface area contributed by atoms with Gasteiger partial charge in [-0.25, -0.2) is 0 Å². The van der Waals surface area contributed by atoms with Gasteiger partial charge in [-0.1, -0.05) is 29.8 Å². The van der Waals surface area contributed by atoms with Crippen LogP contribution < -0.4 is 0 Å². The largest absolute Gasteiger partial charge is 0.481 e. The summed E-state index contributed by atoms with van der Waals surface area (Å²) in [7, 11) is 0. The summed E-state index contributed by atoms with van der Waals surface area (Å²) in [5, 5.41) is 9.74. The number of aliphatic carboxylic acids is 1. The number of carboxylic acids is 1. The molecule has 0 saturated carbocycles. The first-order valence-electron chi connectivity index (χ1n) is 8.21. The highest BCUT2D eigenvalue weighted by atomic mass is 35.5. The number of hydrogen-bond acceptors (Lipinski definition) is 1. The van der Waals surface area contributed by atoms with Gasteiger partial charge >= 0.3 is 5.97 Å². The summed E-state index contributed by atoms with van der Waals surface area (Å²) < 4.78 is 2.14. The van der Waals surface area contributed by atoms with E-state index in [9.17, 15) is 4.79 Å². The van der Waals surface area contributed by atoms with Crippen molar-refractivity contribution in [3.8, 4) is 16.9 Å². The van der Waals surface area contributed by atoms with Crippen molar-refractivity contribution in [3.05, 3.63) is 76.4 Å². The first-order valence-corrected chi connectivity index (χ1v) is 8.59. The Balaban J connectivity index is 2.13. The molecular formula is C21H20ClNO2. The molecule has 0 atom stereocenters. The van der Waals surface area contributed by atoms with E-state index in [1.807, 2.05) is 36.4 Å². The molecule has 0 aliphatic rings. The SMILES string of the molecule is Cc1ccc(-n2c(CCC(=O)O)ccc2-c2ccc(Cl)cc2)cc1C. The molecule has 0 bridgehead atoms. The van der Waals surface area contributed by atoms with Crippen LogP contribution in [0.4, 0.5) is 0 Å². The quantitative estimate of drug-likeness (QED) is 0.664. The van der Waals surface area contributed by atoms with E-state index in [4.69, 9.17) is 16.7 Å². The molecule has 3 aromatic rings. The van der Waals surface area contributed by atoms with E-state index in [0.717, 1.165) is 22.6 Å². The van der Waals surface area contributed by atoms with Crippen LogP contribution >= 0.6 is 11.6 Å². The highest BCUT2D eigenvalue weighted by Crippen LogP contribution is 2.29. The molecule has 0 saturated heterocycles. The molecule has 25 heavy (non-hydrogen) atoms. The van der Waals surface area contributed by atoms with Crippen molar-refractivity contribution in [2.24, 2.45) is 0 Å². The summed E-state index contributed by atoms with van der Waals surface area (Å²) >= 11 is 6.01. The fraction of sp³-hybridized carbons (Fsp3) is 0.190. The maximum Gasteiger partial charge on any atom is 0.303 e. The molecular weight excluding hydrogens is 334 g/mol. The Bertz CT molecular complexity index is 910. The van der Waals surface area contributed by atoms with Crippen LogP contribution in [0.25, 0.3) is 16.9 Å². The van der Waals surface area contributed by atoms with Crippen LogP contribution in [0.2, 0.25) is 5.02 Å². The van der Waals surface area contributed by atoms with E-state index in [1.165, 1.54) is 11.1 Å². The fourth-order valence-corrected chi connectivity index (χ4v) is 3.05. The fourth-order valence-electron chi connectivity index (χ4n) is 2.92. The normalized spacial score (nSPS) is 10.8. The second kappa shape index (κ2) is 7.16. The molecule has 0 radical (unpaired) electrons. The van der Waals surface area contributed by atoms with E-state index < -0.39 is 5.97 Å². The van der Waals surface area contributed by atoms with Gasteiger partial charge < -0.3 is 9.67 Å². The summed E-state index contributed by atoms with van der Waals surface area (Å²) in [6.07, 6.45) is 0.588. The number of carboxylic acid groups (broad SMARTS) is 1. The van der Waals surface area contributed by atoms with Gasteiger partial charge in [-0.3, -0.25) is 4.79 Å². The van der Waals surface area contributed by atoms with E-state index >= 15 is 0 Å². The zero-order valence-electron chi connectivity index (χ0n) is 14.3. The van der Waals surface area contributed by atoms with Gasteiger partial charge in [0.2, 0.25) is 0 Å². The molecule has 2 aromatic carbocycles. The minimum absolute atomic E-state index is 0.106. The third-order valence-corrected chi connectivity index (χ3v) is 4.70. The van der Waals surface area contributed by atoms with Crippen LogP contribution in [0, 0.1) is 13.8 Å². The van der Waals surface area contributed by atoms with Gasteiger partial charge in [-0.05, 0) is 73.4 Å². The molecule has 0 unspecified atom stereocenters. The Morgan fingerprint density at radius 1 is 1.00 bits per heavy atom. The van der Waals surface area contributed by atoms with Gasteiger partial charge in [-0.15, -0.1) is 0 Å². The second-order valence-corrected chi connectivity index (χ2v) is 6.65. The molecule has 1 N–H and O–H groups in total. The molecule has 0 fully saturated rings. The van der Waals surface area contributed by atoms with Crippen molar-refractivity contribution in [2.45, 2.75) is 26.7 Å². The molecule has 4 heteroatoms. The number of benzene rings is 2. The first-order chi connectivity index (χ1) is 12.0. The highest BCUT2D eigenvalue weighted by molar-refractivity contribution is 6.30. The van der Waals surface area contributed by atoms with Gasteiger partial charge in [0.15, 0.2) is 0 Å². The van der Waals surface area contributed by atoms with Crippen molar-refractivity contribution < 1.29 is 9.90 Å². The van der Waals surface area contributed by atoms with Gasteiger partial charge in [0, 0.05) is 16.4 Å². The summed E-state index contributed by atoms with van der Waals surface area (Å²) in [6.45, 7) is 4.17. The lowest BCUT2D eigenvalue weighted by atomic mass is 10.1. The molecule has 3 rings (SSSR count). The van der Waals surface area contributed by atoms with E-state index in [2.05, 4.69) is 36.6 Å². The van der Waals surface area contributed by atoms with Crippen molar-refractivity contribution in [2.75, 3.05) is 0 Å². The molecule has 0 spiro atoms. The third-order valence-electron chi connectivity index (χ3n) is 4.45. The zero-order chi connectivity index (χ0) is 18.0. The van der Waals surface area contributed by atoms with Crippen LogP contribution in [-0.2, 0) is 11.2 Å². The Morgan fingerprint density at radius 3 is 2.36 bits per heavy atom. The lowest BCUT2D eigenvalue weighted by Gasteiger charge is -2.15. The first kappa shape index (κ1) is 17.3. The predicted octanol–water partition coefficient (Wildman–Crippen LogP) is 5.43. The van der Waals surface area contributed by atoms with Crippen LogP contribution in [0.3, 0.4) is 0 Å². The van der Waals surface area contributed by atoms with Crippen molar-refractivity contribution in [3.63, 3.8) is 0 Å². The average molecular weight is 354 g/mol. The maximum atomic E-state index is 11.0. The topological polar surface area (TPSA) is 42.2 Å². The molecule has 0 amide bonds. The molecule has 1 heterocycles. The lowest BCUT2D eigenvalue weighted by molar-refractivity contribution is -0.136. The van der Waals surface area contributed by atoms with Crippen molar-refractivity contribution in [1.29, 1.82) is 0 Å². The smallest absolute Gasteiger partial charge is 0.303 e. The molecule has 3 nitrogen and oxygen atoms in total. The molecule has 0 aliphatic carbocycles. The van der Waals surface area contributed by atoms with Gasteiger partial charge in [0.25, 0.3) is 0 Å². The lowest BCUT2D eigenvalue weighted by Crippen LogP contribution is -2.05. The van der Waals surface area contributed by atoms with Gasteiger partial charge in [0.1, 0.15) is 0 Å². The number of aromatic nitrogens is 1. The summed E-state index contributed by atoms with van der Waals surface area (Å²) in [4.78, 5) is 11.0. The minimum Gasteiger partial charge on any atom is -0.481 e.